The van der Waals surface area contributed by atoms with E-state index >= 15 is 0 Å². The second kappa shape index (κ2) is 2.12. The maximum Gasteiger partial charge on any atom is 0.268 e. The van der Waals surface area contributed by atoms with Gasteiger partial charge in [-0.2, -0.15) is 0 Å². The van der Waals surface area contributed by atoms with Gasteiger partial charge in [0.1, 0.15) is 5.69 Å². The lowest BCUT2D eigenvalue weighted by Crippen LogP contribution is -2.31. The molecule has 0 bridgehead atoms. The number of nitrogens with one attached hydrogen (secondary N) is 2. The molecular weight excluding hydrogens is 140 g/mol. The standard InChI is InChI=1S/C8H10N2O/c1-5-4-10-7-6(5)2-3-9-8(7)11/h4,10H,2-3H2,1H3,(H,9,11). The molecule has 0 fully saturated rings. The van der Waals surface area contributed by atoms with Crippen molar-refractivity contribution in [1.29, 1.82) is 0 Å². The summed E-state index contributed by atoms with van der Waals surface area (Å²) in [6, 6.07) is 0. The molecule has 1 amide bonds. The quantitative estimate of drug-likeness (QED) is 0.559. The van der Waals surface area contributed by atoms with Crippen molar-refractivity contribution in [3.8, 4) is 0 Å². The third kappa shape index (κ3) is 0.843. The predicted octanol–water partition coefficient (Wildman–Crippen LogP) is 0.609. The molecule has 1 aliphatic rings. The van der Waals surface area contributed by atoms with Gasteiger partial charge in [0.15, 0.2) is 0 Å². The first kappa shape index (κ1) is 6.46. The van der Waals surface area contributed by atoms with Crippen molar-refractivity contribution in [3.05, 3.63) is 23.0 Å². The molecule has 1 aromatic heterocycles. The molecular formula is C8H10N2O. The van der Waals surface area contributed by atoms with Crippen LogP contribution in [0, 0.1) is 6.92 Å². The highest BCUT2D eigenvalue weighted by atomic mass is 16.1. The molecule has 0 saturated heterocycles. The average Bonchev–Trinajstić information content (AvgIpc) is 2.35. The second-order valence-corrected chi connectivity index (χ2v) is 2.83. The van der Waals surface area contributed by atoms with Crippen LogP contribution < -0.4 is 5.32 Å². The number of aromatic nitrogens is 1. The lowest BCUT2D eigenvalue weighted by molar-refractivity contribution is 0.0941. The van der Waals surface area contributed by atoms with Gasteiger partial charge < -0.3 is 10.3 Å². The maximum absolute atomic E-state index is 11.2. The molecule has 2 rings (SSSR count). The van der Waals surface area contributed by atoms with Crippen molar-refractivity contribution < 1.29 is 4.79 Å². The molecule has 0 atom stereocenters. The number of carbonyl (C=O) groups excluding carboxylic acids is 1. The summed E-state index contributed by atoms with van der Waals surface area (Å²) in [5, 5.41) is 2.78. The fourth-order valence-electron chi connectivity index (χ4n) is 1.47. The van der Waals surface area contributed by atoms with E-state index in [9.17, 15) is 4.79 Å². The number of hydrogen-bond acceptors (Lipinski definition) is 1. The third-order valence-corrected chi connectivity index (χ3v) is 2.10. The summed E-state index contributed by atoms with van der Waals surface area (Å²) in [7, 11) is 0. The zero-order valence-corrected chi connectivity index (χ0v) is 6.40. The van der Waals surface area contributed by atoms with Crippen LogP contribution in [0.2, 0.25) is 0 Å². The van der Waals surface area contributed by atoms with Crippen LogP contribution in [-0.2, 0) is 6.42 Å². The highest BCUT2D eigenvalue weighted by Gasteiger charge is 2.18. The van der Waals surface area contributed by atoms with Crippen LogP contribution in [-0.4, -0.2) is 17.4 Å². The number of amides is 1. The van der Waals surface area contributed by atoms with E-state index in [0.29, 0.717) is 0 Å². The Bertz CT molecular complexity index is 301. The molecule has 11 heavy (non-hydrogen) atoms. The summed E-state index contributed by atoms with van der Waals surface area (Å²) in [5.74, 6) is 0.0272. The second-order valence-electron chi connectivity index (χ2n) is 2.83. The molecule has 1 aliphatic heterocycles. The Kier molecular flexibility index (Phi) is 1.24. The zero-order chi connectivity index (χ0) is 7.84. The fraction of sp³-hybridized carbons (Fsp3) is 0.375. The van der Waals surface area contributed by atoms with Gasteiger partial charge in [-0.25, -0.2) is 0 Å². The summed E-state index contributed by atoms with van der Waals surface area (Å²) in [6.07, 6.45) is 2.84. The van der Waals surface area contributed by atoms with Gasteiger partial charge in [-0.05, 0) is 24.5 Å². The first-order valence-electron chi connectivity index (χ1n) is 3.74. The van der Waals surface area contributed by atoms with Crippen molar-refractivity contribution in [1.82, 2.24) is 10.3 Å². The molecule has 0 aromatic carbocycles. The Morgan fingerprint density at radius 1 is 1.55 bits per heavy atom. The molecule has 58 valence electrons. The van der Waals surface area contributed by atoms with Gasteiger partial charge in [-0.3, -0.25) is 4.79 Å². The number of aryl methyl sites for hydroxylation is 1. The van der Waals surface area contributed by atoms with Crippen LogP contribution in [0.15, 0.2) is 6.20 Å². The summed E-state index contributed by atoms with van der Waals surface area (Å²) in [5.41, 5.74) is 3.11. The zero-order valence-electron chi connectivity index (χ0n) is 6.40. The molecule has 0 saturated carbocycles. The molecule has 3 nitrogen and oxygen atoms in total. The number of hydrogen-bond donors (Lipinski definition) is 2. The number of H-pyrrole nitrogens is 1. The maximum atomic E-state index is 11.2. The van der Waals surface area contributed by atoms with Gasteiger partial charge in [-0.15, -0.1) is 0 Å². The summed E-state index contributed by atoms with van der Waals surface area (Å²) < 4.78 is 0. The van der Waals surface area contributed by atoms with Gasteiger partial charge in [0.05, 0.1) is 0 Å². The van der Waals surface area contributed by atoms with E-state index in [1.54, 1.807) is 0 Å². The fourth-order valence-corrected chi connectivity index (χ4v) is 1.47. The highest BCUT2D eigenvalue weighted by Crippen LogP contribution is 2.16. The summed E-state index contributed by atoms with van der Waals surface area (Å²) in [4.78, 5) is 14.1. The normalized spacial score (nSPS) is 15.9. The number of carbonyl (C=O) groups is 1. The van der Waals surface area contributed by atoms with Crippen molar-refractivity contribution >= 4 is 5.91 Å². The van der Waals surface area contributed by atoms with E-state index in [2.05, 4.69) is 10.3 Å². The topological polar surface area (TPSA) is 44.9 Å². The lowest BCUT2D eigenvalue weighted by atomic mass is 10.1. The minimum Gasteiger partial charge on any atom is -0.357 e. The van der Waals surface area contributed by atoms with E-state index in [4.69, 9.17) is 0 Å². The smallest absolute Gasteiger partial charge is 0.268 e. The van der Waals surface area contributed by atoms with E-state index < -0.39 is 0 Å². The molecule has 0 aliphatic carbocycles. The lowest BCUT2D eigenvalue weighted by Gasteiger charge is -2.12. The van der Waals surface area contributed by atoms with E-state index in [1.165, 1.54) is 11.1 Å². The van der Waals surface area contributed by atoms with Gasteiger partial charge in [0.2, 0.25) is 0 Å². The molecule has 3 heteroatoms. The van der Waals surface area contributed by atoms with Crippen molar-refractivity contribution in [2.24, 2.45) is 0 Å². The molecule has 0 spiro atoms. The Morgan fingerprint density at radius 3 is 3.09 bits per heavy atom. The molecule has 2 N–H and O–H groups in total. The van der Waals surface area contributed by atoms with E-state index in [-0.39, 0.29) is 5.91 Å². The molecule has 1 aromatic rings. The highest BCUT2D eigenvalue weighted by molar-refractivity contribution is 5.95. The SMILES string of the molecule is Cc1c[nH]c2c1CCNC2=O. The van der Waals surface area contributed by atoms with E-state index in [1.807, 2.05) is 13.1 Å². The average molecular weight is 150 g/mol. The first-order valence-corrected chi connectivity index (χ1v) is 3.74. The third-order valence-electron chi connectivity index (χ3n) is 2.10. The van der Waals surface area contributed by atoms with Gasteiger partial charge >= 0.3 is 0 Å². The first-order chi connectivity index (χ1) is 5.29. The largest absolute Gasteiger partial charge is 0.357 e. The van der Waals surface area contributed by atoms with Gasteiger partial charge in [0, 0.05) is 12.7 Å². The monoisotopic (exact) mass is 150 g/mol. The van der Waals surface area contributed by atoms with E-state index in [0.717, 1.165) is 18.7 Å². The summed E-state index contributed by atoms with van der Waals surface area (Å²) >= 11 is 0. The molecule has 2 heterocycles. The summed E-state index contributed by atoms with van der Waals surface area (Å²) in [6.45, 7) is 2.79. The van der Waals surface area contributed by atoms with Crippen molar-refractivity contribution in [2.45, 2.75) is 13.3 Å². The molecule has 0 radical (unpaired) electrons. The molecule has 0 unspecified atom stereocenters. The van der Waals surface area contributed by atoms with Gasteiger partial charge in [0.25, 0.3) is 5.91 Å². The Hall–Kier alpha value is -1.25. The van der Waals surface area contributed by atoms with Crippen LogP contribution >= 0.6 is 0 Å². The van der Waals surface area contributed by atoms with Crippen LogP contribution in [0.1, 0.15) is 21.6 Å². The van der Waals surface area contributed by atoms with Crippen LogP contribution in [0.4, 0.5) is 0 Å². The van der Waals surface area contributed by atoms with Crippen LogP contribution in [0.5, 0.6) is 0 Å². The Morgan fingerprint density at radius 2 is 2.36 bits per heavy atom. The number of aromatic amines is 1. The minimum atomic E-state index is 0.0272. The van der Waals surface area contributed by atoms with Crippen molar-refractivity contribution in [2.75, 3.05) is 6.54 Å². The number of rotatable bonds is 0. The van der Waals surface area contributed by atoms with Crippen LogP contribution in [0.3, 0.4) is 0 Å². The van der Waals surface area contributed by atoms with Crippen LogP contribution in [0.25, 0.3) is 0 Å². The number of fused-ring (bicyclic) bond motifs is 1. The van der Waals surface area contributed by atoms with Gasteiger partial charge in [-0.1, -0.05) is 0 Å². The Balaban J connectivity index is 2.55. The Labute approximate surface area is 64.8 Å². The van der Waals surface area contributed by atoms with Crippen molar-refractivity contribution in [3.63, 3.8) is 0 Å². The minimum absolute atomic E-state index is 0.0272. The predicted molar refractivity (Wildman–Crippen MR) is 41.6 cm³/mol.